The maximum Gasteiger partial charge on any atom is 0.495 e. The van der Waals surface area contributed by atoms with E-state index >= 15 is 0 Å². The van der Waals surface area contributed by atoms with Crippen molar-refractivity contribution in [3.63, 3.8) is 0 Å². The highest BCUT2D eigenvalue weighted by atomic mass is 16.7. The number of rotatable bonds is 3. The molecule has 0 atom stereocenters. The normalized spacial score (nSPS) is 19.8. The van der Waals surface area contributed by atoms with Crippen LogP contribution < -0.4 is 10.2 Å². The third-order valence-electron chi connectivity index (χ3n) is 4.79. The Morgan fingerprint density at radius 2 is 1.82 bits per heavy atom. The maximum absolute atomic E-state index is 6.12. The second-order valence-corrected chi connectivity index (χ2v) is 6.71. The SMILES string of the molecule is CCn1cnc2cc(B3OC(C)(C)C(C)(C)O3)cc(OC)c21. The molecule has 1 fully saturated rings. The van der Waals surface area contributed by atoms with E-state index in [-0.39, 0.29) is 11.2 Å². The Kier molecular flexibility index (Phi) is 3.49. The molecule has 0 saturated carbocycles. The summed E-state index contributed by atoms with van der Waals surface area (Å²) in [6, 6.07) is 4.00. The van der Waals surface area contributed by atoms with Crippen LogP contribution in [0.15, 0.2) is 18.5 Å². The van der Waals surface area contributed by atoms with Crippen LogP contribution >= 0.6 is 0 Å². The van der Waals surface area contributed by atoms with Crippen molar-refractivity contribution in [1.29, 1.82) is 0 Å². The molecule has 1 aromatic heterocycles. The molecule has 1 aliphatic rings. The summed E-state index contributed by atoms with van der Waals surface area (Å²) in [5.41, 5.74) is 2.12. The molecule has 1 aliphatic heterocycles. The van der Waals surface area contributed by atoms with Crippen LogP contribution in [0.4, 0.5) is 0 Å². The van der Waals surface area contributed by atoms with E-state index in [9.17, 15) is 0 Å². The fourth-order valence-corrected chi connectivity index (χ4v) is 2.70. The van der Waals surface area contributed by atoms with Gasteiger partial charge in [-0.2, -0.15) is 0 Å². The van der Waals surface area contributed by atoms with Crippen molar-refractivity contribution in [2.75, 3.05) is 7.11 Å². The molecule has 0 bridgehead atoms. The molecule has 0 amide bonds. The van der Waals surface area contributed by atoms with Crippen LogP contribution in [0.5, 0.6) is 5.75 Å². The van der Waals surface area contributed by atoms with Crippen molar-refractivity contribution < 1.29 is 14.0 Å². The van der Waals surface area contributed by atoms with Crippen molar-refractivity contribution in [2.24, 2.45) is 0 Å². The largest absolute Gasteiger partial charge is 0.495 e. The third kappa shape index (κ3) is 2.21. The molecule has 0 unspecified atom stereocenters. The van der Waals surface area contributed by atoms with Crippen LogP contribution in [0.25, 0.3) is 11.0 Å². The summed E-state index contributed by atoms with van der Waals surface area (Å²) in [4.78, 5) is 4.47. The van der Waals surface area contributed by atoms with Gasteiger partial charge < -0.3 is 18.6 Å². The second kappa shape index (κ2) is 5.00. The first-order valence-corrected chi connectivity index (χ1v) is 7.67. The van der Waals surface area contributed by atoms with Gasteiger partial charge in [0, 0.05) is 6.54 Å². The Balaban J connectivity index is 2.06. The number of ether oxygens (including phenoxy) is 1. The van der Waals surface area contributed by atoms with Crippen molar-refractivity contribution >= 4 is 23.6 Å². The first-order chi connectivity index (χ1) is 10.3. The van der Waals surface area contributed by atoms with Crippen LogP contribution in [-0.4, -0.2) is 35.0 Å². The molecule has 2 heterocycles. The molecule has 1 saturated heterocycles. The Morgan fingerprint density at radius 1 is 1.18 bits per heavy atom. The van der Waals surface area contributed by atoms with E-state index < -0.39 is 7.12 Å². The molecule has 1 aromatic carbocycles. The Bertz CT molecular complexity index is 693. The summed E-state index contributed by atoms with van der Waals surface area (Å²) in [5.74, 6) is 0.793. The van der Waals surface area contributed by atoms with Gasteiger partial charge in [-0.25, -0.2) is 4.98 Å². The number of methoxy groups -OCH3 is 1. The van der Waals surface area contributed by atoms with Crippen molar-refractivity contribution in [3.8, 4) is 5.75 Å². The molecule has 118 valence electrons. The minimum Gasteiger partial charge on any atom is -0.495 e. The lowest BCUT2D eigenvalue weighted by Crippen LogP contribution is -2.41. The summed E-state index contributed by atoms with van der Waals surface area (Å²) in [6.45, 7) is 11.1. The lowest BCUT2D eigenvalue weighted by molar-refractivity contribution is 0.00578. The molecule has 0 aliphatic carbocycles. The Labute approximate surface area is 131 Å². The van der Waals surface area contributed by atoms with E-state index in [1.165, 1.54) is 0 Å². The highest BCUT2D eigenvalue weighted by molar-refractivity contribution is 6.62. The first-order valence-electron chi connectivity index (χ1n) is 7.67. The van der Waals surface area contributed by atoms with Crippen LogP contribution in [0.1, 0.15) is 34.6 Å². The van der Waals surface area contributed by atoms with Gasteiger partial charge in [0.2, 0.25) is 0 Å². The number of hydrogen-bond donors (Lipinski definition) is 0. The minimum absolute atomic E-state index is 0.358. The Morgan fingerprint density at radius 3 is 2.36 bits per heavy atom. The van der Waals surface area contributed by atoms with Gasteiger partial charge in [-0.15, -0.1) is 0 Å². The van der Waals surface area contributed by atoms with Gasteiger partial charge >= 0.3 is 7.12 Å². The van der Waals surface area contributed by atoms with E-state index in [0.717, 1.165) is 28.8 Å². The van der Waals surface area contributed by atoms with Crippen LogP contribution in [0.3, 0.4) is 0 Å². The number of nitrogens with zero attached hydrogens (tertiary/aromatic N) is 2. The lowest BCUT2D eigenvalue weighted by Gasteiger charge is -2.32. The predicted molar refractivity (Wildman–Crippen MR) is 87.7 cm³/mol. The van der Waals surface area contributed by atoms with Gasteiger partial charge in [-0.1, -0.05) is 0 Å². The van der Waals surface area contributed by atoms with E-state index in [4.69, 9.17) is 14.0 Å². The fraction of sp³-hybridized carbons (Fsp3) is 0.562. The summed E-state index contributed by atoms with van der Waals surface area (Å²) < 4.78 is 19.9. The van der Waals surface area contributed by atoms with Gasteiger partial charge in [-0.3, -0.25) is 0 Å². The molecular formula is C16H23BN2O3. The van der Waals surface area contributed by atoms with E-state index in [1.54, 1.807) is 7.11 Å². The number of benzene rings is 1. The zero-order valence-corrected chi connectivity index (χ0v) is 14.1. The fourth-order valence-electron chi connectivity index (χ4n) is 2.70. The first kappa shape index (κ1) is 15.4. The summed E-state index contributed by atoms with van der Waals surface area (Å²) >= 11 is 0. The van der Waals surface area contributed by atoms with Gasteiger partial charge in [0.15, 0.2) is 0 Å². The number of hydrogen-bond acceptors (Lipinski definition) is 4. The van der Waals surface area contributed by atoms with Crippen LogP contribution in [0.2, 0.25) is 0 Å². The molecule has 3 rings (SSSR count). The number of fused-ring (bicyclic) bond motifs is 1. The molecule has 2 aromatic rings. The quantitative estimate of drug-likeness (QED) is 0.817. The molecular weight excluding hydrogens is 279 g/mol. The molecule has 0 spiro atoms. The molecule has 0 radical (unpaired) electrons. The highest BCUT2D eigenvalue weighted by Gasteiger charge is 2.51. The number of aromatic nitrogens is 2. The van der Waals surface area contributed by atoms with Crippen molar-refractivity contribution in [2.45, 2.75) is 52.4 Å². The van der Waals surface area contributed by atoms with E-state index in [0.29, 0.717) is 0 Å². The van der Waals surface area contributed by atoms with Crippen molar-refractivity contribution in [1.82, 2.24) is 9.55 Å². The molecule has 0 N–H and O–H groups in total. The van der Waals surface area contributed by atoms with Gasteiger partial charge in [0.25, 0.3) is 0 Å². The Hall–Kier alpha value is -1.53. The average Bonchev–Trinajstić information content (AvgIpc) is 2.96. The maximum atomic E-state index is 6.12. The summed E-state index contributed by atoms with van der Waals surface area (Å²) in [6.07, 6.45) is 1.83. The molecule has 6 heteroatoms. The second-order valence-electron chi connectivity index (χ2n) is 6.71. The van der Waals surface area contributed by atoms with Crippen molar-refractivity contribution in [3.05, 3.63) is 18.5 Å². The van der Waals surface area contributed by atoms with E-state index in [2.05, 4.69) is 44.2 Å². The van der Waals surface area contributed by atoms with Crippen LogP contribution in [-0.2, 0) is 15.9 Å². The molecule has 22 heavy (non-hydrogen) atoms. The minimum atomic E-state index is -0.407. The monoisotopic (exact) mass is 302 g/mol. The van der Waals surface area contributed by atoms with Gasteiger partial charge in [-0.05, 0) is 52.2 Å². The topological polar surface area (TPSA) is 45.5 Å². The number of aryl methyl sites for hydroxylation is 1. The van der Waals surface area contributed by atoms with Gasteiger partial charge in [0.05, 0.1) is 30.2 Å². The third-order valence-corrected chi connectivity index (χ3v) is 4.79. The van der Waals surface area contributed by atoms with Crippen LogP contribution in [0, 0.1) is 0 Å². The zero-order chi connectivity index (χ0) is 16.1. The zero-order valence-electron chi connectivity index (χ0n) is 14.1. The molecule has 5 nitrogen and oxygen atoms in total. The average molecular weight is 302 g/mol. The number of imidazole rings is 1. The summed E-state index contributed by atoms with van der Waals surface area (Å²) in [7, 11) is 1.27. The van der Waals surface area contributed by atoms with E-state index in [1.807, 2.05) is 18.5 Å². The van der Waals surface area contributed by atoms with Gasteiger partial charge in [0.1, 0.15) is 11.3 Å². The lowest BCUT2D eigenvalue weighted by atomic mass is 9.79. The highest BCUT2D eigenvalue weighted by Crippen LogP contribution is 2.37. The smallest absolute Gasteiger partial charge is 0.495 e. The standard InChI is InChI=1S/C16H23BN2O3/c1-7-19-10-18-12-8-11(9-13(20-6)14(12)19)17-21-15(2,3)16(4,5)22-17/h8-10H,7H2,1-6H3. The predicted octanol–water partition coefficient (Wildman–Crippen LogP) is 2.36. The summed E-state index contributed by atoms with van der Waals surface area (Å²) in [5, 5.41) is 0.